The van der Waals surface area contributed by atoms with E-state index in [0.717, 1.165) is 79.0 Å². The first-order valence-corrected chi connectivity index (χ1v) is 16.1. The maximum absolute atomic E-state index is 12.1. The third-order valence-corrected chi connectivity index (χ3v) is 8.74. The summed E-state index contributed by atoms with van der Waals surface area (Å²) in [5.74, 6) is 0. The molecule has 3 N–H and O–H groups in total. The van der Waals surface area contributed by atoms with Crippen molar-refractivity contribution >= 4 is 40.2 Å². The second kappa shape index (κ2) is 14.4. The number of hydrogen-bond donors (Lipinski definition) is 2. The zero-order chi connectivity index (χ0) is 31.3. The number of hydrogen-bond acceptors (Lipinski definition) is 5. The predicted molar refractivity (Wildman–Crippen MR) is 181 cm³/mol. The molecule has 0 unspecified atom stereocenters. The van der Waals surface area contributed by atoms with E-state index in [1.54, 1.807) is 0 Å². The van der Waals surface area contributed by atoms with Crippen molar-refractivity contribution in [1.82, 2.24) is 19.7 Å². The van der Waals surface area contributed by atoms with E-state index in [-0.39, 0.29) is 6.09 Å². The summed E-state index contributed by atoms with van der Waals surface area (Å²) in [7, 11) is 0. The summed E-state index contributed by atoms with van der Waals surface area (Å²) in [4.78, 5) is 17.0. The van der Waals surface area contributed by atoms with Crippen molar-refractivity contribution in [3.8, 4) is 11.1 Å². The van der Waals surface area contributed by atoms with Gasteiger partial charge in [0, 0.05) is 97.2 Å². The van der Waals surface area contributed by atoms with Crippen molar-refractivity contribution in [3.63, 3.8) is 0 Å². The van der Waals surface area contributed by atoms with E-state index in [2.05, 4.69) is 62.3 Å². The number of nitrogens with two attached hydrogens (primary N) is 1. The molecule has 1 saturated heterocycles. The van der Waals surface area contributed by atoms with E-state index in [1.807, 2.05) is 45.0 Å². The number of carbonyl (C=O) groups is 1. The minimum atomic E-state index is -0.512. The number of aromatic nitrogens is 1. The summed E-state index contributed by atoms with van der Waals surface area (Å²) in [5, 5.41) is 5.55. The van der Waals surface area contributed by atoms with Crippen LogP contribution in [0.4, 0.5) is 4.79 Å². The summed E-state index contributed by atoms with van der Waals surface area (Å²) in [6.45, 7) is 12.9. The fourth-order valence-corrected chi connectivity index (χ4v) is 6.35. The Labute approximate surface area is 270 Å². The number of fused-ring (bicyclic) bond motifs is 1. The van der Waals surface area contributed by atoms with Crippen LogP contribution in [0, 0.1) is 0 Å². The van der Waals surface area contributed by atoms with Crippen LogP contribution in [-0.2, 0) is 30.9 Å². The third-order valence-electron chi connectivity index (χ3n) is 8.03. The Hall–Kier alpha value is -3.07. The lowest BCUT2D eigenvalue weighted by Crippen LogP contribution is -2.45. The van der Waals surface area contributed by atoms with Gasteiger partial charge >= 0.3 is 6.09 Å². The van der Waals surface area contributed by atoms with Crippen LogP contribution in [0.5, 0.6) is 0 Å². The number of amides is 1. The van der Waals surface area contributed by atoms with Crippen molar-refractivity contribution in [1.29, 1.82) is 0 Å². The summed E-state index contributed by atoms with van der Waals surface area (Å²) < 4.78 is 7.67. The van der Waals surface area contributed by atoms with Gasteiger partial charge in [-0.15, -0.1) is 0 Å². The van der Waals surface area contributed by atoms with Crippen molar-refractivity contribution in [2.75, 3.05) is 32.7 Å². The molecule has 7 nitrogen and oxygen atoms in total. The highest BCUT2D eigenvalue weighted by atomic mass is 35.5. The highest BCUT2D eigenvalue weighted by molar-refractivity contribution is 6.35. The summed E-state index contributed by atoms with van der Waals surface area (Å²) in [5.41, 5.74) is 12.6. The Kier molecular flexibility index (Phi) is 10.5. The molecule has 0 saturated carbocycles. The number of piperazine rings is 1. The average Bonchev–Trinajstić information content (AvgIpc) is 3.34. The van der Waals surface area contributed by atoms with Crippen LogP contribution in [0.1, 0.15) is 43.9 Å². The topological polar surface area (TPSA) is 75.8 Å². The van der Waals surface area contributed by atoms with E-state index < -0.39 is 5.60 Å². The molecule has 1 fully saturated rings. The van der Waals surface area contributed by atoms with Crippen LogP contribution >= 0.6 is 23.2 Å². The van der Waals surface area contributed by atoms with Crippen LogP contribution in [0.3, 0.4) is 0 Å². The maximum atomic E-state index is 12.1. The average molecular weight is 637 g/mol. The molecule has 1 aliphatic heterocycles. The smallest absolute Gasteiger partial charge is 0.407 e. The Morgan fingerprint density at radius 2 is 1.59 bits per heavy atom. The summed E-state index contributed by atoms with van der Waals surface area (Å²) in [6.07, 6.45) is 2.63. The van der Waals surface area contributed by atoms with Gasteiger partial charge in [-0.2, -0.15) is 0 Å². The number of rotatable bonds is 10. The van der Waals surface area contributed by atoms with Gasteiger partial charge in [0.25, 0.3) is 0 Å². The van der Waals surface area contributed by atoms with Gasteiger partial charge in [0.05, 0.1) is 0 Å². The van der Waals surface area contributed by atoms with Crippen molar-refractivity contribution in [2.24, 2.45) is 5.73 Å². The number of alkyl carbamates (subject to hydrolysis) is 1. The monoisotopic (exact) mass is 635 g/mol. The van der Waals surface area contributed by atoms with E-state index in [0.29, 0.717) is 13.1 Å². The third kappa shape index (κ3) is 8.14. The van der Waals surface area contributed by atoms with Crippen molar-refractivity contribution < 1.29 is 9.53 Å². The molecule has 1 amide bonds. The Morgan fingerprint density at radius 3 is 2.27 bits per heavy atom. The maximum Gasteiger partial charge on any atom is 0.407 e. The number of ether oxygens (including phenoxy) is 1. The van der Waals surface area contributed by atoms with Gasteiger partial charge < -0.3 is 20.4 Å². The van der Waals surface area contributed by atoms with E-state index in [4.69, 9.17) is 33.7 Å². The minimum absolute atomic E-state index is 0.384. The van der Waals surface area contributed by atoms with Gasteiger partial charge in [-0.3, -0.25) is 9.80 Å². The van der Waals surface area contributed by atoms with E-state index in [1.165, 1.54) is 22.0 Å². The number of halogens is 2. The van der Waals surface area contributed by atoms with Gasteiger partial charge in [0.15, 0.2) is 0 Å². The molecule has 234 valence electrons. The molecule has 0 aliphatic carbocycles. The molecule has 0 bridgehead atoms. The second-order valence-electron chi connectivity index (χ2n) is 12.5. The SMILES string of the molecule is CC(C)(C)OC(=O)NCCCn1cc(-c2ccccc2CN)c2cc(CN3CCN(Cc4c(Cl)cccc4Cl)CC3)ccc21. The van der Waals surface area contributed by atoms with E-state index >= 15 is 0 Å². The largest absolute Gasteiger partial charge is 0.444 e. The molecular formula is C35H43Cl2N5O2. The van der Waals surface area contributed by atoms with Gasteiger partial charge in [-0.25, -0.2) is 4.79 Å². The van der Waals surface area contributed by atoms with Crippen molar-refractivity contribution in [3.05, 3.63) is 93.6 Å². The van der Waals surface area contributed by atoms with Gasteiger partial charge in [-0.1, -0.05) is 59.6 Å². The lowest BCUT2D eigenvalue weighted by molar-refractivity contribution is 0.0526. The lowest BCUT2D eigenvalue weighted by Gasteiger charge is -2.35. The summed E-state index contributed by atoms with van der Waals surface area (Å²) >= 11 is 12.9. The van der Waals surface area contributed by atoms with Crippen LogP contribution in [-0.4, -0.2) is 58.8 Å². The Balaban J connectivity index is 1.29. The molecule has 1 aromatic heterocycles. The quantitative estimate of drug-likeness (QED) is 0.179. The molecule has 9 heteroatoms. The highest BCUT2D eigenvalue weighted by Crippen LogP contribution is 2.34. The number of nitrogens with zero attached hydrogens (tertiary/aromatic N) is 3. The standard InChI is InChI=1S/C35H43Cl2N5O2/c1-35(2,3)44-34(43)39-14-7-15-42-24-29(27-9-5-4-8-26(27)21-38)28-20-25(12-13-33(28)42)22-40-16-18-41(19-17-40)23-30-31(36)10-6-11-32(30)37/h4-6,8-13,20,24H,7,14-19,21-23,38H2,1-3H3,(H,39,43). The molecule has 0 spiro atoms. The van der Waals surface area contributed by atoms with Crippen LogP contribution in [0.25, 0.3) is 22.0 Å². The fraction of sp³-hybridized carbons (Fsp3) is 0.400. The molecule has 44 heavy (non-hydrogen) atoms. The number of nitrogens with one attached hydrogen (secondary N) is 1. The number of carbonyl (C=O) groups excluding carboxylic acids is 1. The molecular weight excluding hydrogens is 593 g/mol. The van der Waals surface area contributed by atoms with Gasteiger partial charge in [0.2, 0.25) is 0 Å². The Morgan fingerprint density at radius 1 is 0.909 bits per heavy atom. The fourth-order valence-electron chi connectivity index (χ4n) is 5.83. The molecule has 0 radical (unpaired) electrons. The summed E-state index contributed by atoms with van der Waals surface area (Å²) in [6, 6.07) is 20.9. The molecule has 2 heterocycles. The molecule has 4 aromatic rings. The van der Waals surface area contributed by atoms with Crippen LogP contribution < -0.4 is 11.1 Å². The van der Waals surface area contributed by atoms with E-state index in [9.17, 15) is 4.79 Å². The normalized spacial score (nSPS) is 14.7. The first-order valence-electron chi connectivity index (χ1n) is 15.4. The predicted octanol–water partition coefficient (Wildman–Crippen LogP) is 7.31. The lowest BCUT2D eigenvalue weighted by atomic mass is 9.98. The van der Waals surface area contributed by atoms with Gasteiger partial charge in [0.1, 0.15) is 5.60 Å². The number of benzene rings is 3. The molecule has 1 aliphatic rings. The zero-order valence-electron chi connectivity index (χ0n) is 25.9. The zero-order valence-corrected chi connectivity index (χ0v) is 27.4. The highest BCUT2D eigenvalue weighted by Gasteiger charge is 2.20. The Bertz CT molecular complexity index is 1570. The van der Waals surface area contributed by atoms with Crippen LogP contribution in [0.2, 0.25) is 10.0 Å². The van der Waals surface area contributed by atoms with Crippen molar-refractivity contribution in [2.45, 2.75) is 59.0 Å². The first-order chi connectivity index (χ1) is 21.1. The first kappa shape index (κ1) is 32.3. The molecule has 3 aromatic carbocycles. The second-order valence-corrected chi connectivity index (χ2v) is 13.3. The minimum Gasteiger partial charge on any atom is -0.444 e. The molecule has 5 rings (SSSR count). The van der Waals surface area contributed by atoms with Gasteiger partial charge in [-0.05, 0) is 68.1 Å². The number of aryl methyl sites for hydroxylation is 1. The van der Waals surface area contributed by atoms with Crippen LogP contribution in [0.15, 0.2) is 66.9 Å². The molecule has 0 atom stereocenters.